The summed E-state index contributed by atoms with van der Waals surface area (Å²) in [5.41, 5.74) is 1.16. The lowest BCUT2D eigenvalue weighted by molar-refractivity contribution is -0.142. The van der Waals surface area contributed by atoms with Gasteiger partial charge in [-0.3, -0.25) is 4.79 Å². The Bertz CT molecular complexity index is 341. The standard InChI is InChI=1S/C13H19NO3.ClH/c1-3-17-13(15)8-9-14-10-11-4-6-12(16-2)7-5-11;/h4-7,14H,3,8-10H2,1-2H3;1H. The predicted octanol–water partition coefficient (Wildman–Crippen LogP) is 2.16. The number of nitrogens with one attached hydrogen (secondary N) is 1. The molecule has 0 aromatic heterocycles. The summed E-state index contributed by atoms with van der Waals surface area (Å²) in [6, 6.07) is 7.83. The molecular weight excluding hydrogens is 254 g/mol. The van der Waals surface area contributed by atoms with Gasteiger partial charge in [-0.25, -0.2) is 0 Å². The second-order valence-corrected chi connectivity index (χ2v) is 3.58. The van der Waals surface area contributed by atoms with Gasteiger partial charge in [0.25, 0.3) is 0 Å². The van der Waals surface area contributed by atoms with Crippen LogP contribution in [0.25, 0.3) is 0 Å². The molecule has 102 valence electrons. The molecule has 18 heavy (non-hydrogen) atoms. The summed E-state index contributed by atoms with van der Waals surface area (Å²) >= 11 is 0. The molecular formula is C13H20ClNO3. The summed E-state index contributed by atoms with van der Waals surface area (Å²) in [5.74, 6) is 0.690. The van der Waals surface area contributed by atoms with Gasteiger partial charge in [0.15, 0.2) is 0 Å². The van der Waals surface area contributed by atoms with Crippen LogP contribution in [0.4, 0.5) is 0 Å². The van der Waals surface area contributed by atoms with E-state index in [2.05, 4.69) is 5.32 Å². The zero-order valence-corrected chi connectivity index (χ0v) is 11.6. The van der Waals surface area contributed by atoms with E-state index in [1.54, 1.807) is 7.11 Å². The minimum Gasteiger partial charge on any atom is -0.497 e. The molecule has 0 aliphatic rings. The summed E-state index contributed by atoms with van der Waals surface area (Å²) in [4.78, 5) is 11.1. The van der Waals surface area contributed by atoms with E-state index in [9.17, 15) is 4.79 Å². The molecule has 0 saturated heterocycles. The maximum absolute atomic E-state index is 11.1. The quantitative estimate of drug-likeness (QED) is 0.611. The molecule has 0 atom stereocenters. The van der Waals surface area contributed by atoms with Crippen molar-refractivity contribution in [3.05, 3.63) is 29.8 Å². The summed E-state index contributed by atoms with van der Waals surface area (Å²) in [6.07, 6.45) is 0.407. The van der Waals surface area contributed by atoms with Crippen molar-refractivity contribution in [2.24, 2.45) is 0 Å². The SMILES string of the molecule is CCOC(=O)CCNCc1ccc(OC)cc1.Cl. The highest BCUT2D eigenvalue weighted by molar-refractivity contribution is 5.85. The van der Waals surface area contributed by atoms with E-state index >= 15 is 0 Å². The summed E-state index contributed by atoms with van der Waals surface area (Å²) in [6.45, 7) is 3.62. The van der Waals surface area contributed by atoms with Crippen molar-refractivity contribution in [2.45, 2.75) is 19.9 Å². The van der Waals surface area contributed by atoms with Crippen LogP contribution in [-0.4, -0.2) is 26.2 Å². The van der Waals surface area contributed by atoms with Gasteiger partial charge in [0, 0.05) is 13.1 Å². The smallest absolute Gasteiger partial charge is 0.307 e. The van der Waals surface area contributed by atoms with Gasteiger partial charge in [0.1, 0.15) is 5.75 Å². The molecule has 1 aromatic carbocycles. The van der Waals surface area contributed by atoms with Gasteiger partial charge in [-0.1, -0.05) is 12.1 Å². The molecule has 0 saturated carbocycles. The fourth-order valence-corrected chi connectivity index (χ4v) is 1.40. The first-order valence-corrected chi connectivity index (χ1v) is 5.75. The average Bonchev–Trinajstić information content (AvgIpc) is 2.36. The zero-order valence-electron chi connectivity index (χ0n) is 10.8. The molecule has 0 heterocycles. The van der Waals surface area contributed by atoms with Crippen LogP contribution in [-0.2, 0) is 16.1 Å². The number of methoxy groups -OCH3 is 1. The van der Waals surface area contributed by atoms with E-state index < -0.39 is 0 Å². The summed E-state index contributed by atoms with van der Waals surface area (Å²) in [5, 5.41) is 3.19. The maximum atomic E-state index is 11.1. The lowest BCUT2D eigenvalue weighted by Gasteiger charge is -2.05. The zero-order chi connectivity index (χ0) is 12.5. The van der Waals surface area contributed by atoms with Crippen molar-refractivity contribution in [3.63, 3.8) is 0 Å². The molecule has 0 radical (unpaired) electrons. The van der Waals surface area contributed by atoms with E-state index in [-0.39, 0.29) is 18.4 Å². The van der Waals surface area contributed by atoms with Crippen LogP contribution in [0, 0.1) is 0 Å². The van der Waals surface area contributed by atoms with Gasteiger partial charge in [-0.2, -0.15) is 0 Å². The van der Waals surface area contributed by atoms with Crippen LogP contribution in [0.5, 0.6) is 5.75 Å². The normalized spacial score (nSPS) is 9.44. The third-order valence-electron chi connectivity index (χ3n) is 2.30. The van der Waals surface area contributed by atoms with Crippen LogP contribution in [0.15, 0.2) is 24.3 Å². The second-order valence-electron chi connectivity index (χ2n) is 3.58. The predicted molar refractivity (Wildman–Crippen MR) is 73.2 cm³/mol. The fourth-order valence-electron chi connectivity index (χ4n) is 1.40. The first kappa shape index (κ1) is 16.7. The minimum absolute atomic E-state index is 0. The topological polar surface area (TPSA) is 47.6 Å². The molecule has 1 aromatic rings. The van der Waals surface area contributed by atoms with Crippen molar-refractivity contribution >= 4 is 18.4 Å². The number of halogens is 1. The number of esters is 1. The Kier molecular flexibility index (Phi) is 9.06. The maximum Gasteiger partial charge on any atom is 0.307 e. The van der Waals surface area contributed by atoms with Crippen LogP contribution in [0.1, 0.15) is 18.9 Å². The van der Waals surface area contributed by atoms with Gasteiger partial charge < -0.3 is 14.8 Å². The summed E-state index contributed by atoms with van der Waals surface area (Å²) in [7, 11) is 1.65. The Hall–Kier alpha value is -1.26. The number of benzene rings is 1. The van der Waals surface area contributed by atoms with E-state index in [4.69, 9.17) is 9.47 Å². The molecule has 1 rings (SSSR count). The first-order valence-electron chi connectivity index (χ1n) is 5.75. The average molecular weight is 274 g/mol. The highest BCUT2D eigenvalue weighted by Crippen LogP contribution is 2.10. The minimum atomic E-state index is -0.158. The Balaban J connectivity index is 0.00000289. The van der Waals surface area contributed by atoms with Gasteiger partial charge in [-0.05, 0) is 24.6 Å². The lowest BCUT2D eigenvalue weighted by atomic mass is 10.2. The number of carbonyl (C=O) groups excluding carboxylic acids is 1. The third-order valence-corrected chi connectivity index (χ3v) is 2.30. The molecule has 5 heteroatoms. The van der Waals surface area contributed by atoms with Crippen LogP contribution in [0.2, 0.25) is 0 Å². The van der Waals surface area contributed by atoms with Crippen molar-refractivity contribution in [1.82, 2.24) is 5.32 Å². The number of rotatable bonds is 7. The van der Waals surface area contributed by atoms with E-state index in [0.717, 1.165) is 17.9 Å². The molecule has 4 nitrogen and oxygen atoms in total. The summed E-state index contributed by atoms with van der Waals surface area (Å²) < 4.78 is 9.90. The fraction of sp³-hybridized carbons (Fsp3) is 0.462. The largest absolute Gasteiger partial charge is 0.497 e. The van der Waals surface area contributed by atoms with Gasteiger partial charge in [0.05, 0.1) is 20.1 Å². The Morgan fingerprint density at radius 1 is 1.28 bits per heavy atom. The van der Waals surface area contributed by atoms with Crippen molar-refractivity contribution in [1.29, 1.82) is 0 Å². The van der Waals surface area contributed by atoms with Crippen LogP contribution < -0.4 is 10.1 Å². The monoisotopic (exact) mass is 273 g/mol. The number of hydrogen-bond acceptors (Lipinski definition) is 4. The number of carbonyl (C=O) groups is 1. The Morgan fingerprint density at radius 2 is 1.94 bits per heavy atom. The van der Waals surface area contributed by atoms with E-state index in [1.165, 1.54) is 0 Å². The molecule has 1 N–H and O–H groups in total. The highest BCUT2D eigenvalue weighted by atomic mass is 35.5. The van der Waals surface area contributed by atoms with Crippen LogP contribution >= 0.6 is 12.4 Å². The molecule has 0 amide bonds. The van der Waals surface area contributed by atoms with Crippen LogP contribution in [0.3, 0.4) is 0 Å². The first-order chi connectivity index (χ1) is 8.26. The van der Waals surface area contributed by atoms with Gasteiger partial charge in [-0.15, -0.1) is 12.4 Å². The number of ether oxygens (including phenoxy) is 2. The van der Waals surface area contributed by atoms with Gasteiger partial charge >= 0.3 is 5.97 Å². The van der Waals surface area contributed by atoms with Crippen molar-refractivity contribution in [2.75, 3.05) is 20.3 Å². The third kappa shape index (κ3) is 6.47. The Labute approximate surface area is 114 Å². The van der Waals surface area contributed by atoms with Crippen molar-refractivity contribution < 1.29 is 14.3 Å². The Morgan fingerprint density at radius 3 is 2.50 bits per heavy atom. The lowest BCUT2D eigenvalue weighted by Crippen LogP contribution is -2.18. The second kappa shape index (κ2) is 9.74. The molecule has 0 bridgehead atoms. The molecule has 0 aliphatic carbocycles. The van der Waals surface area contributed by atoms with Gasteiger partial charge in [0.2, 0.25) is 0 Å². The van der Waals surface area contributed by atoms with E-state index in [0.29, 0.717) is 19.6 Å². The van der Waals surface area contributed by atoms with Crippen molar-refractivity contribution in [3.8, 4) is 5.75 Å². The molecule has 0 spiro atoms. The molecule has 0 aliphatic heterocycles. The van der Waals surface area contributed by atoms with E-state index in [1.807, 2.05) is 31.2 Å². The molecule has 0 fully saturated rings. The number of hydrogen-bond donors (Lipinski definition) is 1. The highest BCUT2D eigenvalue weighted by Gasteiger charge is 2.00. The molecule has 0 unspecified atom stereocenters.